The number of halogens is 1. The van der Waals surface area contributed by atoms with Gasteiger partial charge in [0.2, 0.25) is 15.9 Å². The van der Waals surface area contributed by atoms with Gasteiger partial charge in [-0.25, -0.2) is 12.8 Å². The number of carbonyl (C=O) groups excluding carboxylic acids is 1. The molecule has 142 valence electrons. The van der Waals surface area contributed by atoms with Crippen LogP contribution in [0, 0.1) is 12.7 Å². The van der Waals surface area contributed by atoms with Crippen molar-refractivity contribution in [2.45, 2.75) is 25.5 Å². The van der Waals surface area contributed by atoms with E-state index in [-0.39, 0.29) is 36.0 Å². The van der Waals surface area contributed by atoms with Gasteiger partial charge in [-0.1, -0.05) is 35.9 Å². The number of rotatable bonds is 6. The van der Waals surface area contributed by atoms with Crippen molar-refractivity contribution in [1.82, 2.24) is 0 Å². The Balaban J connectivity index is 1.86. The lowest BCUT2D eigenvalue weighted by molar-refractivity contribution is -0.118. The van der Waals surface area contributed by atoms with Crippen LogP contribution in [0.4, 0.5) is 15.8 Å². The zero-order chi connectivity index (χ0) is 19.6. The van der Waals surface area contributed by atoms with Gasteiger partial charge in [-0.05, 0) is 30.5 Å². The first kappa shape index (κ1) is 19.1. The van der Waals surface area contributed by atoms with E-state index < -0.39 is 15.8 Å². The van der Waals surface area contributed by atoms with Gasteiger partial charge in [0.1, 0.15) is 5.82 Å². The summed E-state index contributed by atoms with van der Waals surface area (Å²) in [6.45, 7) is 5.73. The molecule has 0 spiro atoms. The Morgan fingerprint density at radius 1 is 1.22 bits per heavy atom. The molecule has 1 aliphatic rings. The van der Waals surface area contributed by atoms with Gasteiger partial charge in [0, 0.05) is 19.0 Å². The summed E-state index contributed by atoms with van der Waals surface area (Å²) in [6.07, 6.45) is 2.15. The Bertz CT molecular complexity index is 985. The number of amides is 1. The van der Waals surface area contributed by atoms with Crippen LogP contribution in [0.25, 0.3) is 0 Å². The van der Waals surface area contributed by atoms with Crippen molar-refractivity contribution in [2.75, 3.05) is 16.2 Å². The summed E-state index contributed by atoms with van der Waals surface area (Å²) in [5.41, 5.74) is 2.65. The van der Waals surface area contributed by atoms with Crippen molar-refractivity contribution in [3.63, 3.8) is 0 Å². The minimum absolute atomic E-state index is 0.159. The Hall–Kier alpha value is -2.67. The van der Waals surface area contributed by atoms with Gasteiger partial charge in [0.15, 0.2) is 0 Å². The van der Waals surface area contributed by atoms with E-state index in [0.717, 1.165) is 11.6 Å². The van der Waals surface area contributed by atoms with Crippen LogP contribution in [0.3, 0.4) is 0 Å². The molecule has 0 atom stereocenters. The highest BCUT2D eigenvalue weighted by Gasteiger charge is 2.27. The molecular formula is C20H21FN2O3S. The number of anilines is 2. The lowest BCUT2D eigenvalue weighted by Gasteiger charge is -2.29. The molecule has 0 radical (unpaired) electrons. The third-order valence-electron chi connectivity index (χ3n) is 4.38. The van der Waals surface area contributed by atoms with Crippen molar-refractivity contribution < 1.29 is 17.6 Å². The molecule has 2 aromatic carbocycles. The SMILES string of the molecule is C=CCN1C(=O)CCc2cc(NS(=O)(=O)Cc3ccc(C)cc3)cc(F)c21. The predicted molar refractivity (Wildman–Crippen MR) is 105 cm³/mol. The third-order valence-corrected chi connectivity index (χ3v) is 5.64. The normalized spacial score (nSPS) is 14.0. The van der Waals surface area contributed by atoms with E-state index in [1.807, 2.05) is 19.1 Å². The maximum atomic E-state index is 14.7. The van der Waals surface area contributed by atoms with E-state index in [0.29, 0.717) is 17.5 Å². The van der Waals surface area contributed by atoms with E-state index >= 15 is 0 Å². The first-order valence-corrected chi connectivity index (χ1v) is 10.2. The highest BCUT2D eigenvalue weighted by molar-refractivity contribution is 7.91. The summed E-state index contributed by atoms with van der Waals surface area (Å²) in [5.74, 6) is -1.00. The predicted octanol–water partition coefficient (Wildman–Crippen LogP) is 3.54. The lowest BCUT2D eigenvalue weighted by atomic mass is 10.00. The fourth-order valence-corrected chi connectivity index (χ4v) is 4.33. The van der Waals surface area contributed by atoms with E-state index in [2.05, 4.69) is 11.3 Å². The molecule has 1 amide bonds. The molecule has 0 aromatic heterocycles. The van der Waals surface area contributed by atoms with Gasteiger partial charge >= 0.3 is 0 Å². The largest absolute Gasteiger partial charge is 0.306 e. The molecule has 0 saturated heterocycles. The molecule has 2 aromatic rings. The summed E-state index contributed by atoms with van der Waals surface area (Å²) in [6, 6.07) is 9.89. The molecule has 1 N–H and O–H groups in total. The van der Waals surface area contributed by atoms with E-state index in [4.69, 9.17) is 0 Å². The van der Waals surface area contributed by atoms with Crippen molar-refractivity contribution in [3.8, 4) is 0 Å². The van der Waals surface area contributed by atoms with Gasteiger partial charge in [-0.3, -0.25) is 9.52 Å². The smallest absolute Gasteiger partial charge is 0.236 e. The summed E-state index contributed by atoms with van der Waals surface area (Å²) in [4.78, 5) is 13.4. The van der Waals surface area contributed by atoms with Crippen LogP contribution in [0.15, 0.2) is 49.1 Å². The Labute approximate surface area is 158 Å². The van der Waals surface area contributed by atoms with Crippen molar-refractivity contribution >= 4 is 27.3 Å². The maximum Gasteiger partial charge on any atom is 0.236 e. The van der Waals surface area contributed by atoms with Crippen LogP contribution >= 0.6 is 0 Å². The zero-order valence-electron chi connectivity index (χ0n) is 15.0. The minimum atomic E-state index is -3.69. The molecule has 1 heterocycles. The first-order chi connectivity index (χ1) is 12.8. The second-order valence-corrected chi connectivity index (χ2v) is 8.33. The Kier molecular flexibility index (Phi) is 5.32. The molecule has 3 rings (SSSR count). The number of sulfonamides is 1. The second kappa shape index (κ2) is 7.52. The number of nitrogens with one attached hydrogen (secondary N) is 1. The molecule has 0 fully saturated rings. The molecular weight excluding hydrogens is 367 g/mol. The van der Waals surface area contributed by atoms with Crippen LogP contribution in [0.2, 0.25) is 0 Å². The van der Waals surface area contributed by atoms with E-state index in [9.17, 15) is 17.6 Å². The molecule has 7 heteroatoms. The van der Waals surface area contributed by atoms with Crippen LogP contribution in [-0.4, -0.2) is 20.9 Å². The maximum absolute atomic E-state index is 14.7. The summed E-state index contributed by atoms with van der Waals surface area (Å²) < 4.78 is 42.0. The monoisotopic (exact) mass is 388 g/mol. The number of aryl methyl sites for hydroxylation is 2. The highest BCUT2D eigenvalue weighted by Crippen LogP contribution is 2.33. The summed E-state index contributed by atoms with van der Waals surface area (Å²) in [7, 11) is -3.69. The highest BCUT2D eigenvalue weighted by atomic mass is 32.2. The van der Waals surface area contributed by atoms with Crippen LogP contribution in [0.5, 0.6) is 0 Å². The molecule has 0 unspecified atom stereocenters. The fourth-order valence-electron chi connectivity index (χ4n) is 3.15. The minimum Gasteiger partial charge on any atom is -0.306 e. The van der Waals surface area contributed by atoms with Crippen molar-refractivity contribution in [2.24, 2.45) is 0 Å². The standard InChI is InChI=1S/C20H21FN2O3S/c1-3-10-23-19(24)9-8-16-11-17(12-18(21)20(16)23)22-27(25,26)13-15-6-4-14(2)5-7-15/h3-7,11-12,22H,1,8-10,13H2,2H3. The van der Waals surface area contributed by atoms with E-state index in [1.54, 1.807) is 18.2 Å². The average Bonchev–Trinajstić information content (AvgIpc) is 2.59. The Morgan fingerprint density at radius 3 is 2.59 bits per heavy atom. The molecule has 5 nitrogen and oxygen atoms in total. The number of hydrogen-bond donors (Lipinski definition) is 1. The third kappa shape index (κ3) is 4.36. The number of carbonyl (C=O) groups is 1. The topological polar surface area (TPSA) is 66.5 Å². The molecule has 1 aliphatic heterocycles. The van der Waals surface area contributed by atoms with Gasteiger partial charge in [0.05, 0.1) is 17.1 Å². The van der Waals surface area contributed by atoms with E-state index in [1.165, 1.54) is 11.0 Å². The quantitative estimate of drug-likeness (QED) is 0.770. The lowest BCUT2D eigenvalue weighted by Crippen LogP contribution is -2.36. The van der Waals surface area contributed by atoms with Gasteiger partial charge < -0.3 is 4.90 Å². The second-order valence-electron chi connectivity index (χ2n) is 6.61. The molecule has 0 saturated carbocycles. The van der Waals surface area contributed by atoms with Crippen LogP contribution in [-0.2, 0) is 27.0 Å². The van der Waals surface area contributed by atoms with Gasteiger partial charge in [-0.2, -0.15) is 0 Å². The number of benzene rings is 2. The number of nitrogens with zero attached hydrogens (tertiary/aromatic N) is 1. The van der Waals surface area contributed by atoms with Crippen molar-refractivity contribution in [3.05, 3.63) is 71.6 Å². The van der Waals surface area contributed by atoms with Crippen LogP contribution < -0.4 is 9.62 Å². The molecule has 0 aliphatic carbocycles. The number of fused-ring (bicyclic) bond motifs is 1. The molecule has 27 heavy (non-hydrogen) atoms. The summed E-state index contributed by atoms with van der Waals surface area (Å²) >= 11 is 0. The van der Waals surface area contributed by atoms with Crippen molar-refractivity contribution in [1.29, 1.82) is 0 Å². The molecule has 0 bridgehead atoms. The van der Waals surface area contributed by atoms with Gasteiger partial charge in [0.25, 0.3) is 0 Å². The van der Waals surface area contributed by atoms with Gasteiger partial charge in [-0.15, -0.1) is 6.58 Å². The van der Waals surface area contributed by atoms with Crippen LogP contribution in [0.1, 0.15) is 23.1 Å². The first-order valence-electron chi connectivity index (χ1n) is 8.59. The number of hydrogen-bond acceptors (Lipinski definition) is 3. The summed E-state index contributed by atoms with van der Waals surface area (Å²) in [5, 5.41) is 0. The fraction of sp³-hybridized carbons (Fsp3) is 0.250. The zero-order valence-corrected chi connectivity index (χ0v) is 15.9. The average molecular weight is 388 g/mol. The Morgan fingerprint density at radius 2 is 1.93 bits per heavy atom.